The van der Waals surface area contributed by atoms with Gasteiger partial charge in [-0.05, 0) is 141 Å². The average molecular weight is 739 g/mol. The van der Waals surface area contributed by atoms with Crippen LogP contribution in [0.4, 0.5) is 0 Å². The van der Waals surface area contributed by atoms with Crippen molar-refractivity contribution in [3.05, 3.63) is 108 Å². The smallest absolute Gasteiger partial charge is 0.137 e. The normalized spacial score (nSPS) is 28.7. The zero-order valence-electron chi connectivity index (χ0n) is 32.0. The molecule has 8 bridgehead atoms. The Bertz CT molecular complexity index is 3370. The van der Waals surface area contributed by atoms with Crippen molar-refractivity contribution in [1.82, 2.24) is 18.9 Å². The molecular formula is C52H42N4O. The molecule has 0 spiro atoms. The molecule has 0 radical (unpaired) electrons. The molecule has 4 saturated carbocycles. The van der Waals surface area contributed by atoms with Gasteiger partial charge in [0.1, 0.15) is 11.2 Å². The van der Waals surface area contributed by atoms with E-state index in [4.69, 9.17) is 14.4 Å². The summed E-state index contributed by atoms with van der Waals surface area (Å²) in [6, 6.07) is 27.1. The first-order valence-corrected chi connectivity index (χ1v) is 22.1. The molecule has 4 atom stereocenters. The molecule has 6 aromatic heterocycles. The van der Waals surface area contributed by atoms with Crippen LogP contribution in [-0.4, -0.2) is 18.9 Å². The second-order valence-corrected chi connectivity index (χ2v) is 19.8. The molecule has 57 heavy (non-hydrogen) atoms. The van der Waals surface area contributed by atoms with Crippen molar-refractivity contribution < 1.29 is 4.42 Å². The van der Waals surface area contributed by atoms with Crippen molar-refractivity contribution in [2.75, 3.05) is 0 Å². The molecule has 8 aliphatic rings. The summed E-state index contributed by atoms with van der Waals surface area (Å²) in [5.41, 5.74) is 15.6. The zero-order chi connectivity index (χ0) is 36.4. The molecule has 0 saturated heterocycles. The van der Waals surface area contributed by atoms with Crippen molar-refractivity contribution in [1.29, 1.82) is 0 Å². The summed E-state index contributed by atoms with van der Waals surface area (Å²) in [5, 5.41) is 10.8. The topological polar surface area (TPSA) is 48.3 Å². The summed E-state index contributed by atoms with van der Waals surface area (Å²) in [6.45, 7) is 0. The minimum Gasteiger partial charge on any atom is -0.456 e. The van der Waals surface area contributed by atoms with E-state index in [-0.39, 0.29) is 0 Å². The number of hydrogen-bond donors (Lipinski definition) is 0. The fraction of sp³-hybridized carbons (Fsp3) is 0.346. The lowest BCUT2D eigenvalue weighted by Gasteiger charge is -2.38. The molecule has 5 nitrogen and oxygen atoms in total. The molecule has 6 heterocycles. The monoisotopic (exact) mass is 738 g/mol. The first kappa shape index (κ1) is 29.8. The molecule has 18 rings (SSSR count). The van der Waals surface area contributed by atoms with Crippen molar-refractivity contribution in [3.8, 4) is 5.69 Å². The van der Waals surface area contributed by atoms with E-state index in [0.717, 1.165) is 40.5 Å². The average Bonchev–Trinajstić information content (AvgIpc) is 3.90. The van der Waals surface area contributed by atoms with E-state index in [9.17, 15) is 0 Å². The van der Waals surface area contributed by atoms with Crippen LogP contribution >= 0.6 is 0 Å². The molecular weight excluding hydrogens is 697 g/mol. The second kappa shape index (κ2) is 9.99. The van der Waals surface area contributed by atoms with Gasteiger partial charge in [0.2, 0.25) is 0 Å². The van der Waals surface area contributed by atoms with Gasteiger partial charge in [0.25, 0.3) is 0 Å². The summed E-state index contributed by atoms with van der Waals surface area (Å²) < 4.78 is 12.3. The van der Waals surface area contributed by atoms with Crippen LogP contribution in [0.3, 0.4) is 0 Å². The van der Waals surface area contributed by atoms with E-state index in [2.05, 4.69) is 94.2 Å². The highest BCUT2D eigenvalue weighted by Gasteiger charge is 2.46. The molecule has 276 valence electrons. The molecule has 10 aromatic rings. The van der Waals surface area contributed by atoms with E-state index in [1.54, 1.807) is 11.1 Å². The number of nitrogens with zero attached hydrogens (tertiary/aromatic N) is 4. The quantitative estimate of drug-likeness (QED) is 0.168. The van der Waals surface area contributed by atoms with Crippen LogP contribution in [0.15, 0.2) is 89.6 Å². The van der Waals surface area contributed by atoms with Gasteiger partial charge in [-0.15, -0.1) is 0 Å². The Morgan fingerprint density at radius 3 is 1.65 bits per heavy atom. The Morgan fingerprint density at radius 2 is 1.02 bits per heavy atom. The Kier molecular flexibility index (Phi) is 5.22. The van der Waals surface area contributed by atoms with Gasteiger partial charge in [0.15, 0.2) is 0 Å². The maximum Gasteiger partial charge on any atom is 0.137 e. The lowest BCUT2D eigenvalue weighted by atomic mass is 9.67. The third-order valence-electron chi connectivity index (χ3n) is 16.9. The van der Waals surface area contributed by atoms with Crippen LogP contribution in [0.2, 0.25) is 0 Å². The molecule has 5 heteroatoms. The summed E-state index contributed by atoms with van der Waals surface area (Å²) in [5.74, 6) is 5.76. The number of furan rings is 1. The molecule has 8 aliphatic carbocycles. The van der Waals surface area contributed by atoms with Crippen LogP contribution in [0.5, 0.6) is 0 Å². The van der Waals surface area contributed by atoms with Crippen LogP contribution in [0.25, 0.3) is 87.5 Å². The zero-order valence-corrected chi connectivity index (χ0v) is 32.0. The van der Waals surface area contributed by atoms with E-state index >= 15 is 0 Å². The molecule has 4 aromatic carbocycles. The van der Waals surface area contributed by atoms with E-state index < -0.39 is 0 Å². The number of fused-ring (bicyclic) bond motifs is 13. The van der Waals surface area contributed by atoms with E-state index in [1.807, 2.05) is 0 Å². The van der Waals surface area contributed by atoms with Crippen molar-refractivity contribution in [3.63, 3.8) is 0 Å². The van der Waals surface area contributed by atoms with Gasteiger partial charge in [-0.1, -0.05) is 36.4 Å². The van der Waals surface area contributed by atoms with Gasteiger partial charge in [0.05, 0.1) is 40.0 Å². The molecule has 4 fully saturated rings. The Balaban J connectivity index is 1.06. The number of hydrogen-bond acceptors (Lipinski definition) is 3. The third kappa shape index (κ3) is 3.54. The van der Waals surface area contributed by atoms with Crippen LogP contribution in [-0.2, 0) is 0 Å². The number of rotatable bonds is 1. The number of para-hydroxylation sites is 2. The van der Waals surface area contributed by atoms with Gasteiger partial charge in [-0.3, -0.25) is 9.97 Å². The van der Waals surface area contributed by atoms with E-state index in [0.29, 0.717) is 23.7 Å². The number of pyridine rings is 2. The SMILES string of the molecule is c1ccc2c(c1)c1ccccc1n2-c1ccc2c(c1)oc1cc3c4c5c(ncc4n4c6cnc7c(c6c(c12)c34)C1CC2CC(CC7C2)C1)C1CC2CC(C1)CC5C2. The Labute approximate surface area is 329 Å². The highest BCUT2D eigenvalue weighted by Crippen LogP contribution is 2.61. The highest BCUT2D eigenvalue weighted by atomic mass is 16.3. The van der Waals surface area contributed by atoms with Gasteiger partial charge in [-0.2, -0.15) is 0 Å². The van der Waals surface area contributed by atoms with Gasteiger partial charge in [0, 0.05) is 78.1 Å². The maximum absolute atomic E-state index is 7.23. The fourth-order valence-corrected chi connectivity index (χ4v) is 15.3. The summed E-state index contributed by atoms with van der Waals surface area (Å²) in [4.78, 5) is 11.0. The summed E-state index contributed by atoms with van der Waals surface area (Å²) in [6.07, 6.45) is 18.0. The van der Waals surface area contributed by atoms with E-state index in [1.165, 1.54) is 146 Å². The molecule has 4 unspecified atom stereocenters. The molecule has 0 amide bonds. The summed E-state index contributed by atoms with van der Waals surface area (Å²) >= 11 is 0. The first-order chi connectivity index (χ1) is 28.2. The van der Waals surface area contributed by atoms with Crippen LogP contribution in [0.1, 0.15) is 110 Å². The molecule has 0 N–H and O–H groups in total. The summed E-state index contributed by atoms with van der Waals surface area (Å²) in [7, 11) is 0. The van der Waals surface area contributed by atoms with Crippen molar-refractivity contribution >= 4 is 81.8 Å². The second-order valence-electron chi connectivity index (χ2n) is 19.8. The highest BCUT2D eigenvalue weighted by molar-refractivity contribution is 6.35. The van der Waals surface area contributed by atoms with Gasteiger partial charge in [-0.25, -0.2) is 0 Å². The van der Waals surface area contributed by atoms with Crippen molar-refractivity contribution in [2.24, 2.45) is 23.7 Å². The Morgan fingerprint density at radius 1 is 0.456 bits per heavy atom. The van der Waals surface area contributed by atoms with Crippen LogP contribution < -0.4 is 0 Å². The third-order valence-corrected chi connectivity index (χ3v) is 16.9. The minimum absolute atomic E-state index is 0.584. The van der Waals surface area contributed by atoms with Crippen molar-refractivity contribution in [2.45, 2.75) is 87.9 Å². The van der Waals surface area contributed by atoms with Gasteiger partial charge >= 0.3 is 0 Å². The predicted molar refractivity (Wildman–Crippen MR) is 229 cm³/mol. The lowest BCUT2D eigenvalue weighted by Crippen LogP contribution is -2.25. The minimum atomic E-state index is 0.584. The predicted octanol–water partition coefficient (Wildman–Crippen LogP) is 13.4. The fourth-order valence-electron chi connectivity index (χ4n) is 15.3. The largest absolute Gasteiger partial charge is 0.456 e. The number of aromatic nitrogens is 4. The molecule has 0 aliphatic heterocycles. The first-order valence-electron chi connectivity index (χ1n) is 22.1. The standard InChI is InChI=1S/C52H42N4O/c1-3-7-38-34(5-1)35-6-2-4-8-39(35)55(38)33-9-10-36-42(21-33)57-43-22-37-46-40(23-53-50-31-17-25-11-26(18-31)14-29(13-25)44(46)50)56-41-24-54-51-32-19-27-12-28(20-32)16-30(15-27)45(51)48(41)49(47(36)43)52(37)56/h1-10,21-32H,11-20H2. The maximum atomic E-state index is 7.23. The van der Waals surface area contributed by atoms with Crippen LogP contribution in [0, 0.1) is 23.7 Å². The Hall–Kier alpha value is -5.42. The lowest BCUT2D eigenvalue weighted by molar-refractivity contribution is 0.165. The van der Waals surface area contributed by atoms with Gasteiger partial charge < -0.3 is 13.4 Å². The number of benzene rings is 4.